The quantitative estimate of drug-likeness (QED) is 0.692. The average Bonchev–Trinajstić information content (AvgIpc) is 2.49. The number of aliphatic hydroxyl groups is 1. The zero-order valence-electron chi connectivity index (χ0n) is 11.6. The van der Waals surface area contributed by atoms with E-state index in [1.165, 1.54) is 14.2 Å². The van der Waals surface area contributed by atoms with Crippen LogP contribution in [0.3, 0.4) is 0 Å². The second-order valence-corrected chi connectivity index (χ2v) is 3.87. The van der Waals surface area contributed by atoms with Crippen LogP contribution in [0.5, 0.6) is 17.2 Å². The van der Waals surface area contributed by atoms with E-state index in [0.29, 0.717) is 29.4 Å². The predicted octanol–water partition coefficient (Wildman–Crippen LogP) is 0.877. The lowest BCUT2D eigenvalue weighted by atomic mass is 10.2. The van der Waals surface area contributed by atoms with Crippen molar-refractivity contribution in [3.05, 3.63) is 30.4 Å². The molecule has 0 saturated heterocycles. The Hall–Kier alpha value is -2.21. The van der Waals surface area contributed by atoms with Gasteiger partial charge in [0.25, 0.3) is 5.91 Å². The third-order valence-corrected chi connectivity index (χ3v) is 2.49. The highest BCUT2D eigenvalue weighted by atomic mass is 16.5. The van der Waals surface area contributed by atoms with Gasteiger partial charge in [0.2, 0.25) is 5.75 Å². The number of amides is 1. The number of carbonyl (C=O) groups is 1. The maximum Gasteiger partial charge on any atom is 0.258 e. The average molecular weight is 281 g/mol. The Balaban J connectivity index is 2.86. The molecule has 1 aromatic rings. The first kappa shape index (κ1) is 15.8. The molecule has 20 heavy (non-hydrogen) atoms. The van der Waals surface area contributed by atoms with Crippen molar-refractivity contribution < 1.29 is 24.1 Å². The van der Waals surface area contributed by atoms with Crippen LogP contribution < -0.4 is 19.5 Å². The number of nitrogens with one attached hydrogen (secondary N) is 1. The van der Waals surface area contributed by atoms with Crippen LogP contribution in [0.2, 0.25) is 0 Å². The summed E-state index contributed by atoms with van der Waals surface area (Å²) in [6.45, 7) is 3.57. The molecule has 0 fully saturated rings. The van der Waals surface area contributed by atoms with E-state index in [4.69, 9.17) is 19.3 Å². The minimum Gasteiger partial charge on any atom is -0.493 e. The van der Waals surface area contributed by atoms with Crippen LogP contribution in [0.4, 0.5) is 0 Å². The van der Waals surface area contributed by atoms with Gasteiger partial charge in [-0.1, -0.05) is 6.08 Å². The summed E-state index contributed by atoms with van der Waals surface area (Å²) < 4.78 is 15.8. The number of hydrogen-bond donors (Lipinski definition) is 2. The molecule has 6 nitrogen and oxygen atoms in total. The SMILES string of the molecule is C=CCNC(=O)COc1c(OC)cc(CO)cc1OC. The molecule has 0 bridgehead atoms. The predicted molar refractivity (Wildman–Crippen MR) is 74.2 cm³/mol. The Kier molecular flexibility index (Phi) is 6.39. The smallest absolute Gasteiger partial charge is 0.258 e. The maximum atomic E-state index is 11.5. The fourth-order valence-corrected chi connectivity index (χ4v) is 1.54. The van der Waals surface area contributed by atoms with E-state index >= 15 is 0 Å². The molecule has 1 rings (SSSR count). The van der Waals surface area contributed by atoms with Gasteiger partial charge in [-0.15, -0.1) is 6.58 Å². The number of rotatable bonds is 8. The Morgan fingerprint density at radius 2 is 1.95 bits per heavy atom. The topological polar surface area (TPSA) is 77.0 Å². The van der Waals surface area contributed by atoms with E-state index in [2.05, 4.69) is 11.9 Å². The highest BCUT2D eigenvalue weighted by molar-refractivity contribution is 5.77. The number of hydrogen-bond acceptors (Lipinski definition) is 5. The molecule has 0 aliphatic heterocycles. The zero-order valence-corrected chi connectivity index (χ0v) is 11.6. The second kappa shape index (κ2) is 8.06. The molecule has 2 N–H and O–H groups in total. The molecule has 0 saturated carbocycles. The lowest BCUT2D eigenvalue weighted by Gasteiger charge is -2.15. The molecule has 110 valence electrons. The van der Waals surface area contributed by atoms with Gasteiger partial charge >= 0.3 is 0 Å². The van der Waals surface area contributed by atoms with E-state index in [1.54, 1.807) is 18.2 Å². The number of ether oxygens (including phenoxy) is 3. The Morgan fingerprint density at radius 3 is 2.40 bits per heavy atom. The van der Waals surface area contributed by atoms with Crippen molar-refractivity contribution in [1.82, 2.24) is 5.32 Å². The van der Waals surface area contributed by atoms with Crippen LogP contribution in [0.15, 0.2) is 24.8 Å². The molecule has 0 aromatic heterocycles. The number of aliphatic hydroxyl groups excluding tert-OH is 1. The van der Waals surface area contributed by atoms with Crippen LogP contribution in [-0.2, 0) is 11.4 Å². The van der Waals surface area contributed by atoms with Crippen LogP contribution >= 0.6 is 0 Å². The normalized spacial score (nSPS) is 9.75. The molecule has 1 aromatic carbocycles. The van der Waals surface area contributed by atoms with Crippen molar-refractivity contribution >= 4 is 5.91 Å². The third-order valence-electron chi connectivity index (χ3n) is 2.49. The van der Waals surface area contributed by atoms with Crippen LogP contribution in [0, 0.1) is 0 Å². The van der Waals surface area contributed by atoms with Crippen LogP contribution in [0.25, 0.3) is 0 Å². The Bertz CT molecular complexity index is 448. The van der Waals surface area contributed by atoms with Gasteiger partial charge in [-0.2, -0.15) is 0 Å². The van der Waals surface area contributed by atoms with E-state index in [-0.39, 0.29) is 19.1 Å². The van der Waals surface area contributed by atoms with E-state index < -0.39 is 0 Å². The van der Waals surface area contributed by atoms with Gasteiger partial charge in [-0.25, -0.2) is 0 Å². The van der Waals surface area contributed by atoms with Crippen molar-refractivity contribution in [3.63, 3.8) is 0 Å². The van der Waals surface area contributed by atoms with E-state index in [1.807, 2.05) is 0 Å². The van der Waals surface area contributed by atoms with Gasteiger partial charge in [0, 0.05) is 6.54 Å². The van der Waals surface area contributed by atoms with Crippen LogP contribution in [0.1, 0.15) is 5.56 Å². The Morgan fingerprint density at radius 1 is 1.35 bits per heavy atom. The minimum atomic E-state index is -0.278. The minimum absolute atomic E-state index is 0.146. The number of methoxy groups -OCH3 is 2. The van der Waals surface area contributed by atoms with Crippen molar-refractivity contribution in [1.29, 1.82) is 0 Å². The van der Waals surface area contributed by atoms with Gasteiger partial charge in [0.15, 0.2) is 18.1 Å². The van der Waals surface area contributed by atoms with Gasteiger partial charge in [-0.3, -0.25) is 4.79 Å². The largest absolute Gasteiger partial charge is 0.493 e. The molecule has 0 radical (unpaired) electrons. The summed E-state index contributed by atoms with van der Waals surface area (Å²) in [5, 5.41) is 11.8. The molecule has 0 aliphatic rings. The molecule has 6 heteroatoms. The first-order valence-corrected chi connectivity index (χ1v) is 6.02. The summed E-state index contributed by atoms with van der Waals surface area (Å²) in [4.78, 5) is 11.5. The zero-order chi connectivity index (χ0) is 15.0. The molecular formula is C14H19NO5. The summed E-state index contributed by atoms with van der Waals surface area (Å²) in [6.07, 6.45) is 1.58. The molecule has 0 spiro atoms. The van der Waals surface area contributed by atoms with Crippen molar-refractivity contribution in [2.75, 3.05) is 27.4 Å². The fourth-order valence-electron chi connectivity index (χ4n) is 1.54. The molecule has 0 atom stereocenters. The molecule has 0 unspecified atom stereocenters. The van der Waals surface area contributed by atoms with Gasteiger partial charge in [-0.05, 0) is 17.7 Å². The standard InChI is InChI=1S/C14H19NO5/c1-4-5-15-13(17)9-20-14-11(18-2)6-10(8-16)7-12(14)19-3/h4,6-7,16H,1,5,8-9H2,2-3H3,(H,15,17). The number of carbonyl (C=O) groups excluding carboxylic acids is 1. The monoisotopic (exact) mass is 281 g/mol. The highest BCUT2D eigenvalue weighted by Gasteiger charge is 2.15. The summed E-state index contributed by atoms with van der Waals surface area (Å²) in [5.41, 5.74) is 0.627. The van der Waals surface area contributed by atoms with Gasteiger partial charge < -0.3 is 24.6 Å². The molecule has 1 amide bonds. The molecule has 0 heterocycles. The summed E-state index contributed by atoms with van der Waals surface area (Å²) in [5.74, 6) is 0.830. The summed E-state index contributed by atoms with van der Waals surface area (Å²) in [6, 6.07) is 3.25. The van der Waals surface area contributed by atoms with Crippen molar-refractivity contribution in [2.45, 2.75) is 6.61 Å². The van der Waals surface area contributed by atoms with Crippen LogP contribution in [-0.4, -0.2) is 38.4 Å². The lowest BCUT2D eigenvalue weighted by molar-refractivity contribution is -0.122. The third kappa shape index (κ3) is 4.17. The first-order valence-electron chi connectivity index (χ1n) is 6.02. The second-order valence-electron chi connectivity index (χ2n) is 3.87. The summed E-state index contributed by atoms with van der Waals surface area (Å²) in [7, 11) is 2.95. The molecule has 0 aliphatic carbocycles. The Labute approximate surface area is 118 Å². The van der Waals surface area contributed by atoms with Crippen molar-refractivity contribution in [2.24, 2.45) is 0 Å². The number of benzene rings is 1. The first-order chi connectivity index (χ1) is 9.65. The molecular weight excluding hydrogens is 262 g/mol. The van der Waals surface area contributed by atoms with Gasteiger partial charge in [0.05, 0.1) is 20.8 Å². The lowest BCUT2D eigenvalue weighted by Crippen LogP contribution is -2.28. The van der Waals surface area contributed by atoms with E-state index in [9.17, 15) is 4.79 Å². The van der Waals surface area contributed by atoms with E-state index in [0.717, 1.165) is 0 Å². The maximum absolute atomic E-state index is 11.5. The highest BCUT2D eigenvalue weighted by Crippen LogP contribution is 2.38. The van der Waals surface area contributed by atoms with Crippen molar-refractivity contribution in [3.8, 4) is 17.2 Å². The van der Waals surface area contributed by atoms with Gasteiger partial charge in [0.1, 0.15) is 0 Å². The summed E-state index contributed by atoms with van der Waals surface area (Å²) >= 11 is 0. The fraction of sp³-hybridized carbons (Fsp3) is 0.357.